The van der Waals surface area contributed by atoms with E-state index in [4.69, 9.17) is 0 Å². The van der Waals surface area contributed by atoms with Gasteiger partial charge in [-0.15, -0.1) is 0 Å². The Hall–Kier alpha value is -2.10. The van der Waals surface area contributed by atoms with E-state index in [0.29, 0.717) is 5.69 Å². The molecule has 0 saturated carbocycles. The second-order valence-electron chi connectivity index (χ2n) is 4.21. The molecular formula is C15H13F2NO. The number of aromatic nitrogens is 1. The molecule has 0 N–H and O–H groups in total. The van der Waals surface area contributed by atoms with Gasteiger partial charge in [0.05, 0.1) is 12.0 Å². The van der Waals surface area contributed by atoms with Gasteiger partial charge in [-0.3, -0.25) is 9.78 Å². The number of carbonyl (C=O) groups excluding carboxylic acids is 1. The molecule has 2 nitrogen and oxygen atoms in total. The van der Waals surface area contributed by atoms with Crippen LogP contribution in [0.25, 0.3) is 0 Å². The van der Waals surface area contributed by atoms with Crippen molar-refractivity contribution in [2.75, 3.05) is 0 Å². The molecule has 0 unspecified atom stereocenters. The average molecular weight is 261 g/mol. The average Bonchev–Trinajstić information content (AvgIpc) is 2.42. The summed E-state index contributed by atoms with van der Waals surface area (Å²) in [6.07, 6.45) is 2.51. The normalized spacial score (nSPS) is 10.5. The SMILES string of the molecule is CCc1ccc(CC(=O)c2cccc(F)c2F)nc1. The van der Waals surface area contributed by atoms with Gasteiger partial charge in [0.1, 0.15) is 0 Å². The van der Waals surface area contributed by atoms with Crippen LogP contribution in [0.15, 0.2) is 36.5 Å². The van der Waals surface area contributed by atoms with Crippen LogP contribution in [0.3, 0.4) is 0 Å². The van der Waals surface area contributed by atoms with Crippen molar-refractivity contribution in [2.24, 2.45) is 0 Å². The lowest BCUT2D eigenvalue weighted by molar-refractivity contribution is 0.0987. The molecular weight excluding hydrogens is 248 g/mol. The molecule has 0 atom stereocenters. The van der Waals surface area contributed by atoms with Crippen LogP contribution >= 0.6 is 0 Å². The Morgan fingerprint density at radius 3 is 2.63 bits per heavy atom. The minimum Gasteiger partial charge on any atom is -0.294 e. The predicted octanol–water partition coefficient (Wildman–Crippen LogP) is 3.35. The Balaban J connectivity index is 2.18. The van der Waals surface area contributed by atoms with Crippen molar-refractivity contribution < 1.29 is 13.6 Å². The van der Waals surface area contributed by atoms with Crippen molar-refractivity contribution in [1.29, 1.82) is 0 Å². The van der Waals surface area contributed by atoms with Gasteiger partial charge in [-0.05, 0) is 30.2 Å². The molecule has 0 bridgehead atoms. The summed E-state index contributed by atoms with van der Waals surface area (Å²) in [6.45, 7) is 2.00. The maximum absolute atomic E-state index is 13.5. The molecule has 2 rings (SSSR count). The van der Waals surface area contributed by atoms with Crippen LogP contribution < -0.4 is 0 Å². The predicted molar refractivity (Wildman–Crippen MR) is 68.0 cm³/mol. The molecule has 4 heteroatoms. The Morgan fingerprint density at radius 1 is 1.21 bits per heavy atom. The third-order valence-corrected chi connectivity index (χ3v) is 2.89. The lowest BCUT2D eigenvalue weighted by Crippen LogP contribution is -2.08. The fourth-order valence-corrected chi connectivity index (χ4v) is 1.75. The van der Waals surface area contributed by atoms with E-state index >= 15 is 0 Å². The van der Waals surface area contributed by atoms with Gasteiger partial charge in [0.15, 0.2) is 17.4 Å². The first kappa shape index (κ1) is 13.3. The van der Waals surface area contributed by atoms with Gasteiger partial charge in [-0.1, -0.05) is 19.1 Å². The molecule has 98 valence electrons. The maximum atomic E-state index is 13.5. The second kappa shape index (κ2) is 5.69. The highest BCUT2D eigenvalue weighted by Gasteiger charge is 2.15. The van der Waals surface area contributed by atoms with E-state index in [9.17, 15) is 13.6 Å². The highest BCUT2D eigenvalue weighted by Crippen LogP contribution is 2.14. The summed E-state index contributed by atoms with van der Waals surface area (Å²) in [5.41, 5.74) is 1.38. The number of hydrogen-bond acceptors (Lipinski definition) is 2. The molecule has 0 spiro atoms. The number of ketones is 1. The lowest BCUT2D eigenvalue weighted by atomic mass is 10.0. The molecule has 1 heterocycles. The molecule has 0 saturated heterocycles. The number of Topliss-reactive ketones (excluding diaryl/α,β-unsaturated/α-hetero) is 1. The van der Waals surface area contributed by atoms with Gasteiger partial charge in [-0.2, -0.15) is 0 Å². The van der Waals surface area contributed by atoms with Gasteiger partial charge in [0, 0.05) is 11.9 Å². The molecule has 0 amide bonds. The van der Waals surface area contributed by atoms with Gasteiger partial charge in [-0.25, -0.2) is 8.78 Å². The number of aryl methyl sites for hydroxylation is 1. The van der Waals surface area contributed by atoms with E-state index in [1.165, 1.54) is 12.1 Å². The Morgan fingerprint density at radius 2 is 2.00 bits per heavy atom. The largest absolute Gasteiger partial charge is 0.294 e. The third-order valence-electron chi connectivity index (χ3n) is 2.89. The highest BCUT2D eigenvalue weighted by atomic mass is 19.2. The quantitative estimate of drug-likeness (QED) is 0.790. The van der Waals surface area contributed by atoms with Crippen molar-refractivity contribution in [3.05, 3.63) is 65.0 Å². The smallest absolute Gasteiger partial charge is 0.171 e. The summed E-state index contributed by atoms with van der Waals surface area (Å²) in [7, 11) is 0. The van der Waals surface area contributed by atoms with E-state index in [1.807, 2.05) is 13.0 Å². The van der Waals surface area contributed by atoms with Gasteiger partial charge in [0.25, 0.3) is 0 Å². The topological polar surface area (TPSA) is 30.0 Å². The summed E-state index contributed by atoms with van der Waals surface area (Å²) >= 11 is 0. The van der Waals surface area contributed by atoms with Crippen LogP contribution in [-0.2, 0) is 12.8 Å². The zero-order valence-electron chi connectivity index (χ0n) is 10.5. The minimum absolute atomic E-state index is 0.0373. The van der Waals surface area contributed by atoms with Crippen molar-refractivity contribution in [3.8, 4) is 0 Å². The summed E-state index contributed by atoms with van der Waals surface area (Å²) < 4.78 is 26.5. The first-order valence-corrected chi connectivity index (χ1v) is 6.03. The molecule has 1 aromatic carbocycles. The van der Waals surface area contributed by atoms with Crippen LogP contribution in [0.1, 0.15) is 28.5 Å². The van der Waals surface area contributed by atoms with Crippen molar-refractivity contribution in [3.63, 3.8) is 0 Å². The number of benzene rings is 1. The second-order valence-corrected chi connectivity index (χ2v) is 4.21. The first-order valence-electron chi connectivity index (χ1n) is 6.03. The summed E-state index contributed by atoms with van der Waals surface area (Å²) in [5, 5.41) is 0. The number of halogens is 2. The number of nitrogens with zero attached hydrogens (tertiary/aromatic N) is 1. The summed E-state index contributed by atoms with van der Waals surface area (Å²) in [6, 6.07) is 7.19. The Labute approximate surface area is 110 Å². The number of hydrogen-bond donors (Lipinski definition) is 0. The van der Waals surface area contributed by atoms with Crippen molar-refractivity contribution >= 4 is 5.78 Å². The van der Waals surface area contributed by atoms with Crippen LogP contribution in [0.5, 0.6) is 0 Å². The van der Waals surface area contributed by atoms with Crippen LogP contribution in [-0.4, -0.2) is 10.8 Å². The van der Waals surface area contributed by atoms with E-state index in [1.54, 1.807) is 12.3 Å². The maximum Gasteiger partial charge on any atom is 0.171 e. The van der Waals surface area contributed by atoms with E-state index in [0.717, 1.165) is 18.1 Å². The zero-order chi connectivity index (χ0) is 13.8. The summed E-state index contributed by atoms with van der Waals surface area (Å²) in [5.74, 6) is -2.59. The van der Waals surface area contributed by atoms with E-state index in [-0.39, 0.29) is 12.0 Å². The molecule has 0 radical (unpaired) electrons. The fraction of sp³-hybridized carbons (Fsp3) is 0.200. The summed E-state index contributed by atoms with van der Waals surface area (Å²) in [4.78, 5) is 16.0. The molecule has 0 aliphatic carbocycles. The highest BCUT2D eigenvalue weighted by molar-refractivity contribution is 5.97. The van der Waals surface area contributed by atoms with Gasteiger partial charge < -0.3 is 0 Å². The molecule has 19 heavy (non-hydrogen) atoms. The Kier molecular flexibility index (Phi) is 4.00. The van der Waals surface area contributed by atoms with Crippen LogP contribution in [0.4, 0.5) is 8.78 Å². The number of rotatable bonds is 4. The molecule has 2 aromatic rings. The standard InChI is InChI=1S/C15H13F2NO/c1-2-10-6-7-11(18-9-10)8-14(19)12-4-3-5-13(16)15(12)17/h3-7,9H,2,8H2,1H3. The number of carbonyl (C=O) groups is 1. The fourth-order valence-electron chi connectivity index (χ4n) is 1.75. The molecule has 0 fully saturated rings. The van der Waals surface area contributed by atoms with Gasteiger partial charge in [0.2, 0.25) is 0 Å². The zero-order valence-corrected chi connectivity index (χ0v) is 10.5. The van der Waals surface area contributed by atoms with Crippen molar-refractivity contribution in [2.45, 2.75) is 19.8 Å². The third kappa shape index (κ3) is 3.02. The van der Waals surface area contributed by atoms with Crippen LogP contribution in [0, 0.1) is 11.6 Å². The van der Waals surface area contributed by atoms with Gasteiger partial charge >= 0.3 is 0 Å². The Bertz CT molecular complexity index is 594. The van der Waals surface area contributed by atoms with Crippen molar-refractivity contribution in [1.82, 2.24) is 4.98 Å². The molecule has 0 aliphatic heterocycles. The first-order chi connectivity index (χ1) is 9.11. The number of pyridine rings is 1. The minimum atomic E-state index is -1.10. The van der Waals surface area contributed by atoms with Crippen LogP contribution in [0.2, 0.25) is 0 Å². The molecule has 0 aliphatic rings. The lowest BCUT2D eigenvalue weighted by Gasteiger charge is -2.04. The van der Waals surface area contributed by atoms with E-state index in [2.05, 4.69) is 4.98 Å². The monoisotopic (exact) mass is 261 g/mol. The van der Waals surface area contributed by atoms with E-state index < -0.39 is 17.4 Å². The molecule has 1 aromatic heterocycles.